The van der Waals surface area contributed by atoms with E-state index in [1.807, 2.05) is 0 Å². The van der Waals surface area contributed by atoms with Crippen molar-refractivity contribution < 1.29 is 24.9 Å². The minimum atomic E-state index is -2.85. The summed E-state index contributed by atoms with van der Waals surface area (Å²) in [4.78, 5) is 22.6. The number of hydrogen-bond donors (Lipinski definition) is 3. The highest BCUT2D eigenvalue weighted by molar-refractivity contribution is 6.09. The summed E-state index contributed by atoms with van der Waals surface area (Å²) in [5, 5.41) is 25.7. The molecule has 0 saturated carbocycles. The molecule has 0 fully saturated rings. The van der Waals surface area contributed by atoms with Gasteiger partial charge in [-0.2, -0.15) is 0 Å². The second-order valence-corrected chi connectivity index (χ2v) is 3.36. The first-order valence-electron chi connectivity index (χ1n) is 4.49. The lowest BCUT2D eigenvalue weighted by molar-refractivity contribution is -0.314. The van der Waals surface area contributed by atoms with Crippen molar-refractivity contribution in [1.29, 1.82) is 0 Å². The van der Waals surface area contributed by atoms with Crippen LogP contribution in [0, 0.1) is 5.92 Å². The van der Waals surface area contributed by atoms with Gasteiger partial charge in [0.25, 0.3) is 5.97 Å². The van der Waals surface area contributed by atoms with E-state index in [9.17, 15) is 9.59 Å². The zero-order valence-corrected chi connectivity index (χ0v) is 7.96. The smallest absolute Gasteiger partial charge is 0.275 e. The lowest BCUT2D eigenvalue weighted by Crippen LogP contribution is -2.30. The summed E-state index contributed by atoms with van der Waals surface area (Å²) in [6.45, 7) is 0. The number of hydrogen-bond acceptors (Lipinski definition) is 5. The number of rotatable bonds is 4. The molecule has 0 spiro atoms. The first kappa shape index (κ1) is 11.8. The van der Waals surface area contributed by atoms with Gasteiger partial charge >= 0.3 is 0 Å². The molecule has 0 amide bonds. The van der Waals surface area contributed by atoms with Crippen LogP contribution in [0.2, 0.25) is 0 Å². The lowest BCUT2D eigenvalue weighted by Gasteiger charge is -2.15. The van der Waals surface area contributed by atoms with E-state index in [2.05, 4.69) is 0 Å². The highest BCUT2D eigenvalue weighted by atomic mass is 16.7. The normalized spacial score (nSPS) is 20.7. The molecule has 1 aliphatic carbocycles. The van der Waals surface area contributed by atoms with Crippen LogP contribution in [0.1, 0.15) is 12.8 Å². The standard InChI is InChI=1S/C10H12O5/c11-8-4-2-1-3-7(8)9(12)5-6-10(13,14)15/h1-4,7,13-15H,5-6H2. The van der Waals surface area contributed by atoms with E-state index in [-0.39, 0.29) is 12.2 Å². The first-order valence-corrected chi connectivity index (χ1v) is 4.49. The van der Waals surface area contributed by atoms with Gasteiger partial charge in [-0.15, -0.1) is 0 Å². The minimum Gasteiger partial charge on any atom is -0.344 e. The molecule has 0 aliphatic heterocycles. The van der Waals surface area contributed by atoms with Crippen LogP contribution >= 0.6 is 0 Å². The van der Waals surface area contributed by atoms with Crippen LogP contribution in [-0.2, 0) is 9.59 Å². The minimum absolute atomic E-state index is 0.266. The maximum absolute atomic E-state index is 11.4. The molecule has 82 valence electrons. The number of carbonyl (C=O) groups is 2. The number of aliphatic hydroxyl groups is 3. The van der Waals surface area contributed by atoms with Gasteiger partial charge in [-0.25, -0.2) is 0 Å². The maximum Gasteiger partial charge on any atom is 0.275 e. The SMILES string of the molecule is O=C1C=CC=CC1C(=O)CCC(O)(O)O. The summed E-state index contributed by atoms with van der Waals surface area (Å²) in [6, 6.07) is 0. The van der Waals surface area contributed by atoms with Gasteiger partial charge in [0.05, 0.1) is 5.92 Å². The fraction of sp³-hybridized carbons (Fsp3) is 0.400. The molecule has 5 heteroatoms. The van der Waals surface area contributed by atoms with Gasteiger partial charge in [-0.05, 0) is 6.08 Å². The zero-order valence-electron chi connectivity index (χ0n) is 7.96. The van der Waals surface area contributed by atoms with E-state index in [1.54, 1.807) is 6.08 Å². The largest absolute Gasteiger partial charge is 0.344 e. The molecule has 0 aromatic heterocycles. The summed E-state index contributed by atoms with van der Waals surface area (Å²) >= 11 is 0. The Labute approximate surface area is 86.3 Å². The molecule has 1 rings (SSSR count). The fourth-order valence-electron chi connectivity index (χ4n) is 1.24. The van der Waals surface area contributed by atoms with Crippen LogP contribution in [-0.4, -0.2) is 32.9 Å². The Kier molecular flexibility index (Phi) is 3.52. The zero-order chi connectivity index (χ0) is 11.5. The highest BCUT2D eigenvalue weighted by Gasteiger charge is 2.26. The summed E-state index contributed by atoms with van der Waals surface area (Å²) in [7, 11) is 0. The third-order valence-corrected chi connectivity index (χ3v) is 2.04. The molecule has 0 saturated heterocycles. The second kappa shape index (κ2) is 4.48. The molecule has 0 aromatic rings. The Morgan fingerprint density at radius 2 is 2.00 bits per heavy atom. The van der Waals surface area contributed by atoms with Crippen molar-refractivity contribution in [1.82, 2.24) is 0 Å². The number of carbonyl (C=O) groups excluding carboxylic acids is 2. The van der Waals surface area contributed by atoms with Crippen LogP contribution in [0.5, 0.6) is 0 Å². The highest BCUT2D eigenvalue weighted by Crippen LogP contribution is 2.14. The van der Waals surface area contributed by atoms with Gasteiger partial charge < -0.3 is 15.3 Å². The van der Waals surface area contributed by atoms with Crippen molar-refractivity contribution in [3.63, 3.8) is 0 Å². The average Bonchev–Trinajstić information content (AvgIpc) is 2.14. The van der Waals surface area contributed by atoms with E-state index in [4.69, 9.17) is 15.3 Å². The van der Waals surface area contributed by atoms with Gasteiger partial charge in [0.2, 0.25) is 0 Å². The van der Waals surface area contributed by atoms with Crippen molar-refractivity contribution in [2.24, 2.45) is 5.92 Å². The van der Waals surface area contributed by atoms with Gasteiger partial charge in [0.15, 0.2) is 5.78 Å². The monoisotopic (exact) mass is 212 g/mol. The van der Waals surface area contributed by atoms with Crippen LogP contribution in [0.4, 0.5) is 0 Å². The van der Waals surface area contributed by atoms with Crippen LogP contribution in [0.3, 0.4) is 0 Å². The molecule has 1 unspecified atom stereocenters. The molecule has 0 radical (unpaired) electrons. The van der Waals surface area contributed by atoms with Gasteiger partial charge in [0, 0.05) is 12.8 Å². The molecule has 0 aromatic carbocycles. The molecule has 15 heavy (non-hydrogen) atoms. The Balaban J connectivity index is 2.51. The Bertz CT molecular complexity index is 321. The Hall–Kier alpha value is -1.30. The van der Waals surface area contributed by atoms with Crippen molar-refractivity contribution in [3.8, 4) is 0 Å². The molecule has 0 heterocycles. The van der Waals surface area contributed by atoms with E-state index in [0.717, 1.165) is 0 Å². The van der Waals surface area contributed by atoms with E-state index < -0.39 is 24.1 Å². The molecule has 1 aliphatic rings. The number of Topliss-reactive ketones (excluding diaryl/α,β-unsaturated/α-hetero) is 1. The van der Waals surface area contributed by atoms with Gasteiger partial charge in [-0.1, -0.05) is 18.2 Å². The fourth-order valence-corrected chi connectivity index (χ4v) is 1.24. The Morgan fingerprint density at radius 3 is 2.53 bits per heavy atom. The summed E-state index contributed by atoms with van der Waals surface area (Å²) in [6.07, 6.45) is 5.06. The van der Waals surface area contributed by atoms with Crippen molar-refractivity contribution in [2.45, 2.75) is 18.8 Å². The maximum atomic E-state index is 11.4. The molecule has 3 N–H and O–H groups in total. The number of ketones is 2. The predicted octanol–water partition coefficient (Wildman–Crippen LogP) is -0.722. The molecule has 0 bridgehead atoms. The van der Waals surface area contributed by atoms with Crippen molar-refractivity contribution in [2.75, 3.05) is 0 Å². The van der Waals surface area contributed by atoms with Crippen LogP contribution < -0.4 is 0 Å². The quantitative estimate of drug-likeness (QED) is 0.422. The van der Waals surface area contributed by atoms with Crippen molar-refractivity contribution >= 4 is 11.6 Å². The van der Waals surface area contributed by atoms with Gasteiger partial charge in [0.1, 0.15) is 5.78 Å². The first-order chi connectivity index (χ1) is 6.90. The molecule has 5 nitrogen and oxygen atoms in total. The Morgan fingerprint density at radius 1 is 1.33 bits per heavy atom. The van der Waals surface area contributed by atoms with Crippen LogP contribution in [0.25, 0.3) is 0 Å². The molecular formula is C10H12O5. The summed E-state index contributed by atoms with van der Waals surface area (Å²) in [5.41, 5.74) is 0. The summed E-state index contributed by atoms with van der Waals surface area (Å²) in [5.74, 6) is -4.49. The van der Waals surface area contributed by atoms with Gasteiger partial charge in [-0.3, -0.25) is 9.59 Å². The topological polar surface area (TPSA) is 94.8 Å². The second-order valence-electron chi connectivity index (χ2n) is 3.36. The van der Waals surface area contributed by atoms with E-state index >= 15 is 0 Å². The average molecular weight is 212 g/mol. The van der Waals surface area contributed by atoms with Crippen LogP contribution in [0.15, 0.2) is 24.3 Å². The van der Waals surface area contributed by atoms with E-state index in [0.29, 0.717) is 0 Å². The lowest BCUT2D eigenvalue weighted by atomic mass is 9.92. The van der Waals surface area contributed by atoms with Crippen molar-refractivity contribution in [3.05, 3.63) is 24.3 Å². The number of allylic oxidation sites excluding steroid dienone is 4. The molecule has 1 atom stereocenters. The third kappa shape index (κ3) is 3.75. The third-order valence-electron chi connectivity index (χ3n) is 2.04. The molecular weight excluding hydrogens is 200 g/mol. The summed E-state index contributed by atoms with van der Waals surface area (Å²) < 4.78 is 0. The van der Waals surface area contributed by atoms with E-state index in [1.165, 1.54) is 18.2 Å². The predicted molar refractivity (Wildman–Crippen MR) is 50.4 cm³/mol.